The van der Waals surface area contributed by atoms with Crippen LogP contribution in [0.1, 0.15) is 36.0 Å². The highest BCUT2D eigenvalue weighted by atomic mass is 32.2. The van der Waals surface area contributed by atoms with Crippen molar-refractivity contribution in [3.05, 3.63) is 36.2 Å². The van der Waals surface area contributed by atoms with Crippen LogP contribution >= 0.6 is 11.8 Å². The SMILES string of the molecule is Cn1ccnc1SC1CCC(NC(=O)c2ccc3n[nH]nc3c2)CC1. The van der Waals surface area contributed by atoms with E-state index in [9.17, 15) is 4.79 Å². The zero-order valence-electron chi connectivity index (χ0n) is 14.0. The number of nitrogens with one attached hydrogen (secondary N) is 2. The van der Waals surface area contributed by atoms with E-state index in [2.05, 4.69) is 30.3 Å². The van der Waals surface area contributed by atoms with Crippen LogP contribution in [-0.4, -0.2) is 42.2 Å². The zero-order valence-corrected chi connectivity index (χ0v) is 14.8. The lowest BCUT2D eigenvalue weighted by Gasteiger charge is -2.28. The van der Waals surface area contributed by atoms with Crippen LogP contribution < -0.4 is 5.32 Å². The van der Waals surface area contributed by atoms with E-state index in [1.165, 1.54) is 0 Å². The number of fused-ring (bicyclic) bond motifs is 1. The summed E-state index contributed by atoms with van der Waals surface area (Å²) < 4.78 is 2.05. The molecule has 4 rings (SSSR count). The van der Waals surface area contributed by atoms with E-state index in [1.807, 2.05) is 37.3 Å². The van der Waals surface area contributed by atoms with E-state index in [0.29, 0.717) is 16.3 Å². The Labute approximate surface area is 149 Å². The fraction of sp³-hybridized carbons (Fsp3) is 0.412. The second-order valence-corrected chi connectivity index (χ2v) is 7.68. The zero-order chi connectivity index (χ0) is 17.2. The third-order valence-corrected chi connectivity index (χ3v) is 6.05. The van der Waals surface area contributed by atoms with Crippen molar-refractivity contribution in [2.75, 3.05) is 0 Å². The van der Waals surface area contributed by atoms with E-state index in [0.717, 1.165) is 36.4 Å². The summed E-state index contributed by atoms with van der Waals surface area (Å²) in [7, 11) is 2.02. The maximum absolute atomic E-state index is 12.5. The molecule has 1 amide bonds. The molecule has 2 heterocycles. The molecule has 2 aromatic heterocycles. The fourth-order valence-corrected chi connectivity index (χ4v) is 4.34. The highest BCUT2D eigenvalue weighted by Crippen LogP contribution is 2.32. The molecule has 7 nitrogen and oxygen atoms in total. The highest BCUT2D eigenvalue weighted by Gasteiger charge is 2.24. The summed E-state index contributed by atoms with van der Waals surface area (Å²) in [6, 6.07) is 5.62. The standard InChI is InChI=1S/C17H20N6OS/c1-23-9-8-18-17(23)25-13-5-3-12(4-6-13)19-16(24)11-2-7-14-15(10-11)21-22-20-14/h2,7-10,12-13H,3-6H2,1H3,(H,19,24)(H,20,21,22). The summed E-state index contributed by atoms with van der Waals surface area (Å²) in [4.78, 5) is 16.9. The lowest BCUT2D eigenvalue weighted by Crippen LogP contribution is -2.38. The van der Waals surface area contributed by atoms with Crippen molar-refractivity contribution in [1.29, 1.82) is 0 Å². The highest BCUT2D eigenvalue weighted by molar-refractivity contribution is 7.99. The molecule has 1 fully saturated rings. The topological polar surface area (TPSA) is 88.5 Å². The minimum absolute atomic E-state index is 0.0369. The third-order valence-electron chi connectivity index (χ3n) is 4.64. The predicted octanol–water partition coefficient (Wildman–Crippen LogP) is 2.52. The monoisotopic (exact) mass is 356 g/mol. The van der Waals surface area contributed by atoms with Gasteiger partial charge < -0.3 is 9.88 Å². The molecule has 25 heavy (non-hydrogen) atoms. The number of hydrogen-bond donors (Lipinski definition) is 2. The molecule has 0 aliphatic heterocycles. The normalized spacial score (nSPS) is 20.7. The number of hydrogen-bond acceptors (Lipinski definition) is 5. The van der Waals surface area contributed by atoms with Gasteiger partial charge in [-0.15, -0.1) is 0 Å². The van der Waals surface area contributed by atoms with Gasteiger partial charge in [-0.05, 0) is 43.9 Å². The number of rotatable bonds is 4. The van der Waals surface area contributed by atoms with Crippen molar-refractivity contribution in [3.8, 4) is 0 Å². The van der Waals surface area contributed by atoms with Crippen LogP contribution in [0, 0.1) is 0 Å². The number of carbonyl (C=O) groups excluding carboxylic acids is 1. The van der Waals surface area contributed by atoms with Gasteiger partial charge in [0.25, 0.3) is 5.91 Å². The molecule has 0 spiro atoms. The number of benzene rings is 1. The first-order chi connectivity index (χ1) is 12.2. The van der Waals surface area contributed by atoms with Crippen molar-refractivity contribution in [2.45, 2.75) is 42.1 Å². The molecule has 2 N–H and O–H groups in total. The Morgan fingerprint density at radius 3 is 2.80 bits per heavy atom. The first-order valence-electron chi connectivity index (χ1n) is 8.44. The summed E-state index contributed by atoms with van der Waals surface area (Å²) in [5.74, 6) is -0.0369. The van der Waals surface area contributed by atoms with E-state index in [-0.39, 0.29) is 11.9 Å². The van der Waals surface area contributed by atoms with Crippen molar-refractivity contribution in [3.63, 3.8) is 0 Å². The number of aromatic amines is 1. The molecular formula is C17H20N6OS. The molecule has 8 heteroatoms. The minimum atomic E-state index is -0.0369. The van der Waals surface area contributed by atoms with Crippen LogP contribution in [0.15, 0.2) is 35.7 Å². The Morgan fingerprint density at radius 1 is 1.24 bits per heavy atom. The molecule has 0 saturated heterocycles. The molecule has 1 aliphatic rings. The van der Waals surface area contributed by atoms with Gasteiger partial charge >= 0.3 is 0 Å². The van der Waals surface area contributed by atoms with Crippen LogP contribution in [0.2, 0.25) is 0 Å². The summed E-state index contributed by atoms with van der Waals surface area (Å²) in [5, 5.41) is 15.4. The molecule has 1 aliphatic carbocycles. The smallest absolute Gasteiger partial charge is 0.251 e. The number of aromatic nitrogens is 5. The summed E-state index contributed by atoms with van der Waals surface area (Å²) in [6.07, 6.45) is 7.98. The summed E-state index contributed by atoms with van der Waals surface area (Å²) in [6.45, 7) is 0. The van der Waals surface area contributed by atoms with Gasteiger partial charge in [-0.1, -0.05) is 11.8 Å². The van der Waals surface area contributed by atoms with Gasteiger partial charge in [-0.3, -0.25) is 4.79 Å². The Bertz CT molecular complexity index is 880. The molecule has 0 radical (unpaired) electrons. The largest absolute Gasteiger partial charge is 0.349 e. The maximum Gasteiger partial charge on any atom is 0.251 e. The van der Waals surface area contributed by atoms with E-state index < -0.39 is 0 Å². The van der Waals surface area contributed by atoms with Gasteiger partial charge in [-0.2, -0.15) is 15.4 Å². The molecule has 0 bridgehead atoms. The van der Waals surface area contributed by atoms with E-state index in [1.54, 1.807) is 12.1 Å². The second kappa shape index (κ2) is 6.87. The van der Waals surface area contributed by atoms with Gasteiger partial charge in [-0.25, -0.2) is 4.98 Å². The lowest BCUT2D eigenvalue weighted by atomic mass is 9.94. The first-order valence-corrected chi connectivity index (χ1v) is 9.32. The predicted molar refractivity (Wildman–Crippen MR) is 96.5 cm³/mol. The Hall–Kier alpha value is -2.35. The first kappa shape index (κ1) is 16.1. The molecule has 0 unspecified atom stereocenters. The number of amides is 1. The average Bonchev–Trinajstić information content (AvgIpc) is 3.25. The maximum atomic E-state index is 12.5. The van der Waals surface area contributed by atoms with E-state index in [4.69, 9.17) is 0 Å². The molecule has 1 aromatic carbocycles. The number of carbonyl (C=O) groups is 1. The van der Waals surface area contributed by atoms with Crippen LogP contribution in [0.3, 0.4) is 0 Å². The number of imidazole rings is 1. The van der Waals surface area contributed by atoms with Gasteiger partial charge in [0.15, 0.2) is 5.16 Å². The second-order valence-electron chi connectivity index (χ2n) is 6.41. The van der Waals surface area contributed by atoms with Crippen molar-refractivity contribution in [2.24, 2.45) is 7.05 Å². The quantitative estimate of drug-likeness (QED) is 0.750. The number of thioether (sulfide) groups is 1. The lowest BCUT2D eigenvalue weighted by molar-refractivity contribution is 0.0928. The van der Waals surface area contributed by atoms with Gasteiger partial charge in [0, 0.05) is 36.3 Å². The molecular weight excluding hydrogens is 336 g/mol. The van der Waals surface area contributed by atoms with Crippen molar-refractivity contribution < 1.29 is 4.79 Å². The molecule has 1 saturated carbocycles. The van der Waals surface area contributed by atoms with Crippen LogP contribution in [0.4, 0.5) is 0 Å². The van der Waals surface area contributed by atoms with Crippen molar-refractivity contribution >= 4 is 28.7 Å². The van der Waals surface area contributed by atoms with E-state index >= 15 is 0 Å². The minimum Gasteiger partial charge on any atom is -0.349 e. The molecule has 130 valence electrons. The van der Waals surface area contributed by atoms with Crippen LogP contribution in [-0.2, 0) is 7.05 Å². The van der Waals surface area contributed by atoms with Crippen LogP contribution in [0.5, 0.6) is 0 Å². The van der Waals surface area contributed by atoms with Crippen molar-refractivity contribution in [1.82, 2.24) is 30.3 Å². The van der Waals surface area contributed by atoms with Gasteiger partial charge in [0.2, 0.25) is 0 Å². The molecule has 0 atom stereocenters. The van der Waals surface area contributed by atoms with Gasteiger partial charge in [0.05, 0.1) is 0 Å². The Kier molecular flexibility index (Phi) is 4.44. The summed E-state index contributed by atoms with van der Waals surface area (Å²) in [5.41, 5.74) is 2.11. The number of aryl methyl sites for hydroxylation is 1. The Morgan fingerprint density at radius 2 is 2.04 bits per heavy atom. The Balaban J connectivity index is 1.32. The van der Waals surface area contributed by atoms with Gasteiger partial charge in [0.1, 0.15) is 11.0 Å². The fourth-order valence-electron chi connectivity index (χ4n) is 3.19. The summed E-state index contributed by atoms with van der Waals surface area (Å²) >= 11 is 1.84. The average molecular weight is 356 g/mol. The number of nitrogens with zero attached hydrogens (tertiary/aromatic N) is 4. The molecule has 3 aromatic rings. The van der Waals surface area contributed by atoms with Crippen LogP contribution in [0.25, 0.3) is 11.0 Å². The number of H-pyrrole nitrogens is 1. The third kappa shape index (κ3) is 3.53.